The molecule has 1 aliphatic carbocycles. The number of hydrogen-bond donors (Lipinski definition) is 0. The van der Waals surface area contributed by atoms with Crippen LogP contribution in [0.15, 0.2) is 11.5 Å². The van der Waals surface area contributed by atoms with Gasteiger partial charge in [-0.15, -0.1) is 0 Å². The van der Waals surface area contributed by atoms with Gasteiger partial charge in [-0.2, -0.15) is 0 Å². The van der Waals surface area contributed by atoms with Crippen molar-refractivity contribution in [2.45, 2.75) is 38.5 Å². The molecule has 1 saturated heterocycles. The van der Waals surface area contributed by atoms with E-state index in [0.29, 0.717) is 6.98 Å². The zero-order chi connectivity index (χ0) is 13.3. The third-order valence-corrected chi connectivity index (χ3v) is 9.37. The second-order valence-corrected chi connectivity index (χ2v) is 23.3. The van der Waals surface area contributed by atoms with Crippen molar-refractivity contribution in [3.63, 3.8) is 0 Å². The summed E-state index contributed by atoms with van der Waals surface area (Å²) < 4.78 is 1.56. The molecule has 4 heteroatoms. The molecule has 0 N–H and O–H groups in total. The summed E-state index contributed by atoms with van der Waals surface area (Å²) in [7, 11) is 4.52. The molecule has 1 unspecified atom stereocenters. The Morgan fingerprint density at radius 3 is 2.39 bits per heavy atom. The van der Waals surface area contributed by atoms with Crippen molar-refractivity contribution < 1.29 is 0 Å². The predicted molar refractivity (Wildman–Crippen MR) is 84.6 cm³/mol. The molecular weight excluding hydrogens is 326 g/mol. The first-order valence-corrected chi connectivity index (χ1v) is 18.1. The van der Waals surface area contributed by atoms with Crippen molar-refractivity contribution in [3.05, 3.63) is 11.5 Å². The summed E-state index contributed by atoms with van der Waals surface area (Å²) in [6.07, 6.45) is 4.25. The standard InChI is InChI=1S/C11H20BN2.3CH3.Sn/c1-10-5-4-6-11(10)9-12-13(2)7-8-14(12)3;;;;/h9-10H,1,4-8H2,2-3H3;3*1H3;. The van der Waals surface area contributed by atoms with Crippen molar-refractivity contribution in [2.24, 2.45) is 5.92 Å². The van der Waals surface area contributed by atoms with E-state index in [1.54, 1.807) is 10.0 Å². The summed E-state index contributed by atoms with van der Waals surface area (Å²) in [5, 5.41) is 0. The second-order valence-electron chi connectivity index (χ2n) is 7.47. The van der Waals surface area contributed by atoms with Gasteiger partial charge in [0.05, 0.1) is 0 Å². The summed E-state index contributed by atoms with van der Waals surface area (Å²) in [5.41, 5.74) is 1.78. The molecule has 1 heterocycles. The van der Waals surface area contributed by atoms with Gasteiger partial charge in [0, 0.05) is 0 Å². The summed E-state index contributed by atoms with van der Waals surface area (Å²) in [5.74, 6) is 3.53. The van der Waals surface area contributed by atoms with Crippen LogP contribution in [-0.4, -0.2) is 62.2 Å². The van der Waals surface area contributed by atoms with Crippen LogP contribution in [0.3, 0.4) is 0 Å². The Balaban J connectivity index is 2.06. The van der Waals surface area contributed by atoms with Crippen LogP contribution in [0.2, 0.25) is 19.3 Å². The molecule has 18 heavy (non-hydrogen) atoms. The van der Waals surface area contributed by atoms with Gasteiger partial charge in [-0.25, -0.2) is 0 Å². The molecule has 2 nitrogen and oxygen atoms in total. The molecule has 102 valence electrons. The molecule has 1 aliphatic heterocycles. The van der Waals surface area contributed by atoms with E-state index < -0.39 is 18.4 Å². The Kier molecular flexibility index (Phi) is 4.88. The zero-order valence-corrected chi connectivity index (χ0v) is 15.7. The van der Waals surface area contributed by atoms with Gasteiger partial charge < -0.3 is 0 Å². The van der Waals surface area contributed by atoms with E-state index in [1.807, 2.05) is 0 Å². The van der Waals surface area contributed by atoms with Gasteiger partial charge in [0.25, 0.3) is 0 Å². The average molecular weight is 355 g/mol. The van der Waals surface area contributed by atoms with Crippen molar-refractivity contribution in [3.8, 4) is 0 Å². The first kappa shape index (κ1) is 14.9. The maximum absolute atomic E-state index is 2.60. The Morgan fingerprint density at radius 1 is 1.22 bits per heavy atom. The van der Waals surface area contributed by atoms with Crippen LogP contribution in [0.25, 0.3) is 0 Å². The minimum absolute atomic E-state index is 0.566. The molecule has 0 aromatic rings. The molecule has 1 atom stereocenters. The van der Waals surface area contributed by atoms with E-state index in [4.69, 9.17) is 0 Å². The Hall–Kier alpha value is 0.524. The van der Waals surface area contributed by atoms with Crippen LogP contribution < -0.4 is 0 Å². The third-order valence-electron chi connectivity index (χ3n) is 4.47. The van der Waals surface area contributed by atoms with E-state index in [9.17, 15) is 0 Å². The SMILES string of the molecule is CN1CCN(C)B1C=C1CCCC1[CH2][Sn]([CH3])([CH3])[CH3]. The van der Waals surface area contributed by atoms with Crippen LogP contribution in [0.4, 0.5) is 0 Å². The Bertz CT molecular complexity index is 314. The van der Waals surface area contributed by atoms with Crippen LogP contribution in [-0.2, 0) is 0 Å². The van der Waals surface area contributed by atoms with E-state index in [2.05, 4.69) is 44.5 Å². The normalized spacial score (nSPS) is 29.7. The van der Waals surface area contributed by atoms with E-state index >= 15 is 0 Å². The number of hydrogen-bond acceptors (Lipinski definition) is 2. The molecule has 0 radical (unpaired) electrons. The quantitative estimate of drug-likeness (QED) is 0.719. The summed E-state index contributed by atoms with van der Waals surface area (Å²) in [6.45, 7) is 3.00. The van der Waals surface area contributed by atoms with Crippen molar-refractivity contribution in [1.82, 2.24) is 9.62 Å². The fourth-order valence-electron chi connectivity index (χ4n) is 3.50. The summed E-state index contributed by atoms with van der Waals surface area (Å²) in [4.78, 5) is 12.7. The van der Waals surface area contributed by atoms with Crippen molar-refractivity contribution in [1.29, 1.82) is 0 Å². The molecule has 2 aliphatic rings. The zero-order valence-electron chi connectivity index (χ0n) is 12.9. The van der Waals surface area contributed by atoms with Crippen LogP contribution in [0.5, 0.6) is 0 Å². The minimum atomic E-state index is -1.63. The molecule has 0 aromatic heterocycles. The fraction of sp³-hybridized carbons (Fsp3) is 0.857. The van der Waals surface area contributed by atoms with Crippen LogP contribution >= 0.6 is 0 Å². The monoisotopic (exact) mass is 356 g/mol. The van der Waals surface area contributed by atoms with Gasteiger partial charge in [0.2, 0.25) is 0 Å². The van der Waals surface area contributed by atoms with E-state index in [1.165, 1.54) is 32.4 Å². The van der Waals surface area contributed by atoms with Gasteiger partial charge in [-0.3, -0.25) is 0 Å². The van der Waals surface area contributed by atoms with E-state index in [-0.39, 0.29) is 0 Å². The van der Waals surface area contributed by atoms with Crippen LogP contribution in [0.1, 0.15) is 19.3 Å². The number of likely N-dealkylation sites (N-methyl/N-ethyl adjacent to an activating group) is 2. The predicted octanol–water partition coefficient (Wildman–Crippen LogP) is 2.96. The molecular formula is C14H29BN2Sn. The fourth-order valence-corrected chi connectivity index (χ4v) is 9.05. The molecule has 0 bridgehead atoms. The van der Waals surface area contributed by atoms with Gasteiger partial charge >= 0.3 is 118 Å². The molecule has 1 saturated carbocycles. The number of allylic oxidation sites excluding steroid dienone is 1. The van der Waals surface area contributed by atoms with Crippen molar-refractivity contribution in [2.75, 3.05) is 27.2 Å². The number of rotatable bonds is 3. The van der Waals surface area contributed by atoms with Crippen LogP contribution in [0, 0.1) is 5.92 Å². The third kappa shape index (κ3) is 3.76. The van der Waals surface area contributed by atoms with Gasteiger partial charge in [-0.1, -0.05) is 0 Å². The molecule has 0 aromatic carbocycles. The second kappa shape index (κ2) is 5.88. The van der Waals surface area contributed by atoms with E-state index in [0.717, 1.165) is 5.92 Å². The first-order valence-electron chi connectivity index (χ1n) is 7.48. The molecule has 2 fully saturated rings. The van der Waals surface area contributed by atoms with Gasteiger partial charge in [0.1, 0.15) is 0 Å². The van der Waals surface area contributed by atoms with Gasteiger partial charge in [-0.05, 0) is 0 Å². The number of nitrogens with zero attached hydrogens (tertiary/aromatic N) is 2. The van der Waals surface area contributed by atoms with Gasteiger partial charge in [0.15, 0.2) is 0 Å². The summed E-state index contributed by atoms with van der Waals surface area (Å²) >= 11 is -1.63. The topological polar surface area (TPSA) is 6.48 Å². The Morgan fingerprint density at radius 2 is 1.83 bits per heavy atom. The van der Waals surface area contributed by atoms with Crippen molar-refractivity contribution >= 4 is 25.4 Å². The first-order chi connectivity index (χ1) is 8.37. The Labute approximate surface area is 118 Å². The molecule has 0 spiro atoms. The average Bonchev–Trinajstić information content (AvgIpc) is 2.78. The maximum atomic E-state index is 2.60. The summed E-state index contributed by atoms with van der Waals surface area (Å²) in [6, 6.07) is 0. The molecule has 2 rings (SSSR count). The molecule has 0 amide bonds.